The Labute approximate surface area is 128 Å². The summed E-state index contributed by atoms with van der Waals surface area (Å²) in [5, 5.41) is 6.36. The minimum Gasteiger partial charge on any atom is -0.393 e. The molecule has 7 nitrogen and oxygen atoms in total. The summed E-state index contributed by atoms with van der Waals surface area (Å²) < 4.78 is 26.7. The van der Waals surface area contributed by atoms with Gasteiger partial charge in [0.2, 0.25) is 10.0 Å². The van der Waals surface area contributed by atoms with E-state index in [9.17, 15) is 8.42 Å². The largest absolute Gasteiger partial charge is 0.393 e. The Morgan fingerprint density at radius 2 is 2.05 bits per heavy atom. The number of hydrogen-bond acceptors (Lipinski definition) is 5. The molecule has 1 heterocycles. The van der Waals surface area contributed by atoms with Gasteiger partial charge in [0.05, 0.1) is 9.88 Å². The van der Waals surface area contributed by atoms with E-state index in [0.717, 1.165) is 5.56 Å². The SMILES string of the molecule is NC(=S)Cc1ccc(S(=O)(=O)NCCc2ncn[nH]2)cc1. The topological polar surface area (TPSA) is 114 Å². The molecule has 0 aliphatic heterocycles. The van der Waals surface area contributed by atoms with Crippen molar-refractivity contribution in [2.45, 2.75) is 17.7 Å². The smallest absolute Gasteiger partial charge is 0.240 e. The average Bonchev–Trinajstić information content (AvgIpc) is 2.91. The van der Waals surface area contributed by atoms with Crippen molar-refractivity contribution in [1.82, 2.24) is 19.9 Å². The first kappa shape index (κ1) is 15.5. The molecule has 0 radical (unpaired) electrons. The zero-order valence-corrected chi connectivity index (χ0v) is 12.7. The van der Waals surface area contributed by atoms with E-state index in [2.05, 4.69) is 19.9 Å². The number of sulfonamides is 1. The average molecular weight is 325 g/mol. The fourth-order valence-electron chi connectivity index (χ4n) is 1.73. The summed E-state index contributed by atoms with van der Waals surface area (Å²) >= 11 is 4.81. The second-order valence-electron chi connectivity index (χ2n) is 4.37. The summed E-state index contributed by atoms with van der Waals surface area (Å²) in [6, 6.07) is 6.46. The van der Waals surface area contributed by atoms with Gasteiger partial charge in [-0.1, -0.05) is 24.4 Å². The van der Waals surface area contributed by atoms with Gasteiger partial charge in [0.1, 0.15) is 12.2 Å². The van der Waals surface area contributed by atoms with Crippen LogP contribution < -0.4 is 10.5 Å². The Hall–Kier alpha value is -1.84. The monoisotopic (exact) mass is 325 g/mol. The van der Waals surface area contributed by atoms with E-state index in [-0.39, 0.29) is 11.4 Å². The molecule has 0 aliphatic rings. The summed E-state index contributed by atoms with van der Waals surface area (Å²) in [7, 11) is -3.53. The van der Waals surface area contributed by atoms with E-state index in [1.807, 2.05) is 0 Å². The number of nitrogens with zero attached hydrogens (tertiary/aromatic N) is 2. The number of benzene rings is 1. The molecule has 4 N–H and O–H groups in total. The fourth-order valence-corrected chi connectivity index (χ4v) is 2.92. The minimum absolute atomic E-state index is 0.201. The molecular weight excluding hydrogens is 310 g/mol. The third-order valence-electron chi connectivity index (χ3n) is 2.73. The Balaban J connectivity index is 1.96. The van der Waals surface area contributed by atoms with Crippen LogP contribution in [0, 0.1) is 0 Å². The van der Waals surface area contributed by atoms with Gasteiger partial charge in [0.25, 0.3) is 0 Å². The normalized spacial score (nSPS) is 11.4. The van der Waals surface area contributed by atoms with E-state index >= 15 is 0 Å². The predicted molar refractivity (Wildman–Crippen MR) is 82.2 cm³/mol. The highest BCUT2D eigenvalue weighted by atomic mass is 32.2. The van der Waals surface area contributed by atoms with Gasteiger partial charge in [-0.3, -0.25) is 5.10 Å². The van der Waals surface area contributed by atoms with Crippen LogP contribution in [0.2, 0.25) is 0 Å². The van der Waals surface area contributed by atoms with Crippen molar-refractivity contribution in [1.29, 1.82) is 0 Å². The fraction of sp³-hybridized carbons (Fsp3) is 0.250. The molecular formula is C12H15N5O2S2. The van der Waals surface area contributed by atoms with Crippen LogP contribution in [0.5, 0.6) is 0 Å². The Kier molecular flexibility index (Phi) is 4.99. The molecule has 0 aliphatic carbocycles. The van der Waals surface area contributed by atoms with Gasteiger partial charge < -0.3 is 5.73 Å². The van der Waals surface area contributed by atoms with Gasteiger partial charge in [-0.25, -0.2) is 18.1 Å². The standard InChI is InChI=1S/C12H15N5O2S2/c13-11(20)7-9-1-3-10(4-2-9)21(18,19)16-6-5-12-14-8-15-17-12/h1-4,8,16H,5-7H2,(H2,13,20)(H,14,15,17). The molecule has 9 heteroatoms. The first-order chi connectivity index (χ1) is 9.97. The number of H-pyrrole nitrogens is 1. The molecule has 2 rings (SSSR count). The van der Waals surface area contributed by atoms with Gasteiger partial charge in [-0.15, -0.1) is 0 Å². The second kappa shape index (κ2) is 6.74. The van der Waals surface area contributed by atoms with E-state index in [0.29, 0.717) is 23.7 Å². The highest BCUT2D eigenvalue weighted by molar-refractivity contribution is 7.89. The molecule has 0 saturated heterocycles. The number of nitrogens with two attached hydrogens (primary N) is 1. The van der Waals surface area contributed by atoms with Crippen LogP contribution in [-0.4, -0.2) is 35.1 Å². The quantitative estimate of drug-likeness (QED) is 0.625. The third kappa shape index (κ3) is 4.59. The molecule has 21 heavy (non-hydrogen) atoms. The molecule has 1 aromatic carbocycles. The van der Waals surface area contributed by atoms with Crippen molar-refractivity contribution in [3.63, 3.8) is 0 Å². The predicted octanol–water partition coefficient (Wildman–Crippen LogP) is 0.154. The Morgan fingerprint density at radius 1 is 1.33 bits per heavy atom. The lowest BCUT2D eigenvalue weighted by atomic mass is 10.1. The number of aromatic nitrogens is 3. The van der Waals surface area contributed by atoms with Crippen molar-refractivity contribution in [3.8, 4) is 0 Å². The molecule has 0 spiro atoms. The van der Waals surface area contributed by atoms with Crippen molar-refractivity contribution in [3.05, 3.63) is 42.0 Å². The lowest BCUT2D eigenvalue weighted by molar-refractivity contribution is 0.581. The molecule has 0 amide bonds. The molecule has 0 atom stereocenters. The van der Waals surface area contributed by atoms with Gasteiger partial charge in [-0.05, 0) is 17.7 Å². The van der Waals surface area contributed by atoms with E-state index in [4.69, 9.17) is 18.0 Å². The van der Waals surface area contributed by atoms with Gasteiger partial charge >= 0.3 is 0 Å². The van der Waals surface area contributed by atoms with Crippen molar-refractivity contribution >= 4 is 27.2 Å². The van der Waals surface area contributed by atoms with Crippen molar-refractivity contribution in [2.24, 2.45) is 5.73 Å². The number of nitrogens with one attached hydrogen (secondary N) is 2. The maximum Gasteiger partial charge on any atom is 0.240 e. The van der Waals surface area contributed by atoms with Gasteiger partial charge in [0.15, 0.2) is 0 Å². The van der Waals surface area contributed by atoms with Crippen LogP contribution in [0.25, 0.3) is 0 Å². The first-order valence-corrected chi connectivity index (χ1v) is 8.07. The summed E-state index contributed by atoms with van der Waals surface area (Å²) in [5.41, 5.74) is 6.33. The summed E-state index contributed by atoms with van der Waals surface area (Å²) in [5.74, 6) is 0.629. The van der Waals surface area contributed by atoms with Crippen molar-refractivity contribution < 1.29 is 8.42 Å². The summed E-state index contributed by atoms with van der Waals surface area (Å²) in [6.07, 6.45) is 2.28. The van der Waals surface area contributed by atoms with Gasteiger partial charge in [-0.2, -0.15) is 5.10 Å². The van der Waals surface area contributed by atoms with Crippen molar-refractivity contribution in [2.75, 3.05) is 6.54 Å². The van der Waals surface area contributed by atoms with Crippen LogP contribution in [0.1, 0.15) is 11.4 Å². The molecule has 0 bridgehead atoms. The van der Waals surface area contributed by atoms with Crippen LogP contribution in [-0.2, 0) is 22.9 Å². The molecule has 2 aromatic rings. The lowest BCUT2D eigenvalue weighted by Gasteiger charge is -2.07. The molecule has 1 aromatic heterocycles. The van der Waals surface area contributed by atoms with E-state index < -0.39 is 10.0 Å². The minimum atomic E-state index is -3.53. The van der Waals surface area contributed by atoms with Crippen LogP contribution in [0.15, 0.2) is 35.5 Å². The lowest BCUT2D eigenvalue weighted by Crippen LogP contribution is -2.26. The number of rotatable bonds is 7. The number of aromatic amines is 1. The van der Waals surface area contributed by atoms with Crippen LogP contribution in [0.3, 0.4) is 0 Å². The van der Waals surface area contributed by atoms with E-state index in [1.54, 1.807) is 12.1 Å². The zero-order chi connectivity index (χ0) is 15.3. The zero-order valence-electron chi connectivity index (χ0n) is 11.1. The maximum atomic E-state index is 12.1. The molecule has 0 fully saturated rings. The summed E-state index contributed by atoms with van der Waals surface area (Å²) in [4.78, 5) is 4.49. The Bertz CT molecular complexity index is 696. The molecule has 112 valence electrons. The first-order valence-electron chi connectivity index (χ1n) is 6.18. The molecule has 0 saturated carbocycles. The van der Waals surface area contributed by atoms with Crippen LogP contribution in [0.4, 0.5) is 0 Å². The second-order valence-corrected chi connectivity index (χ2v) is 6.66. The van der Waals surface area contributed by atoms with Crippen LogP contribution >= 0.6 is 12.2 Å². The third-order valence-corrected chi connectivity index (χ3v) is 4.35. The number of thiocarbonyl (C=S) groups is 1. The molecule has 0 unspecified atom stereocenters. The number of hydrogen-bond donors (Lipinski definition) is 3. The maximum absolute atomic E-state index is 12.1. The summed E-state index contributed by atoms with van der Waals surface area (Å²) in [6.45, 7) is 0.242. The highest BCUT2D eigenvalue weighted by Crippen LogP contribution is 2.11. The van der Waals surface area contributed by atoms with E-state index in [1.165, 1.54) is 18.5 Å². The Morgan fingerprint density at radius 3 is 2.62 bits per heavy atom. The van der Waals surface area contributed by atoms with Gasteiger partial charge in [0, 0.05) is 19.4 Å². The highest BCUT2D eigenvalue weighted by Gasteiger charge is 2.13.